The molecular weight excluding hydrogens is 116 g/mol. The van der Waals surface area contributed by atoms with Crippen molar-refractivity contribution in [1.29, 1.82) is 0 Å². The van der Waals surface area contributed by atoms with Crippen molar-refractivity contribution in [3.63, 3.8) is 0 Å². The van der Waals surface area contributed by atoms with Crippen molar-refractivity contribution in [1.82, 2.24) is 0 Å². The van der Waals surface area contributed by atoms with Crippen LogP contribution in [0.5, 0.6) is 0 Å². The SMILES string of the molecule is C#CCOCOCC#C. The predicted octanol–water partition coefficient (Wildman–Crippen LogP) is 0.244. The molecule has 0 N–H and O–H groups in total. The van der Waals surface area contributed by atoms with Gasteiger partial charge in [-0.1, -0.05) is 11.8 Å². The van der Waals surface area contributed by atoms with E-state index in [0.29, 0.717) is 0 Å². The molecule has 0 aliphatic carbocycles. The number of hydrogen-bond donors (Lipinski definition) is 0. The Balaban J connectivity index is 2.79. The van der Waals surface area contributed by atoms with E-state index in [1.54, 1.807) is 0 Å². The molecule has 0 aromatic carbocycles. The van der Waals surface area contributed by atoms with Gasteiger partial charge in [-0.3, -0.25) is 0 Å². The third-order valence-corrected chi connectivity index (χ3v) is 0.537. The summed E-state index contributed by atoms with van der Waals surface area (Å²) in [4.78, 5) is 0. The van der Waals surface area contributed by atoms with E-state index in [4.69, 9.17) is 22.3 Å². The molecule has 0 amide bonds. The summed E-state index contributed by atoms with van der Waals surface area (Å²) in [6.45, 7) is 0.712. The van der Waals surface area contributed by atoms with Crippen molar-refractivity contribution >= 4 is 0 Å². The third kappa shape index (κ3) is 7.04. The molecule has 0 fully saturated rings. The minimum absolute atomic E-state index is 0.175. The van der Waals surface area contributed by atoms with E-state index in [1.165, 1.54) is 0 Å². The first-order chi connectivity index (χ1) is 4.41. The van der Waals surface area contributed by atoms with Crippen molar-refractivity contribution in [3.8, 4) is 24.7 Å². The normalized spacial score (nSPS) is 7.78. The van der Waals surface area contributed by atoms with E-state index in [2.05, 4.69) is 11.8 Å². The summed E-state index contributed by atoms with van der Waals surface area (Å²) < 4.78 is 9.46. The summed E-state index contributed by atoms with van der Waals surface area (Å²) in [6, 6.07) is 0. The van der Waals surface area contributed by atoms with Crippen LogP contribution in [0.4, 0.5) is 0 Å². The quantitative estimate of drug-likeness (QED) is 0.304. The zero-order chi connectivity index (χ0) is 6.95. The molecule has 0 aliphatic rings. The Kier molecular flexibility index (Phi) is 6.29. The summed E-state index contributed by atoms with van der Waals surface area (Å²) >= 11 is 0. The largest absolute Gasteiger partial charge is 0.343 e. The van der Waals surface area contributed by atoms with Crippen molar-refractivity contribution in [2.24, 2.45) is 0 Å². The monoisotopic (exact) mass is 124 g/mol. The van der Waals surface area contributed by atoms with Crippen LogP contribution in [0.3, 0.4) is 0 Å². The van der Waals surface area contributed by atoms with Crippen LogP contribution in [0, 0.1) is 24.7 Å². The standard InChI is InChI=1S/C7H8O2/c1-3-5-8-7-9-6-4-2/h1-2H,5-7H2. The lowest BCUT2D eigenvalue weighted by Gasteiger charge is -1.96. The highest BCUT2D eigenvalue weighted by Gasteiger charge is 1.80. The van der Waals surface area contributed by atoms with Gasteiger partial charge < -0.3 is 9.47 Å². The van der Waals surface area contributed by atoms with E-state index in [9.17, 15) is 0 Å². The fourth-order valence-electron chi connectivity index (χ4n) is 0.260. The van der Waals surface area contributed by atoms with Gasteiger partial charge in [0.1, 0.15) is 20.0 Å². The molecule has 0 rings (SSSR count). The second kappa shape index (κ2) is 7.04. The van der Waals surface area contributed by atoms with Gasteiger partial charge in [0, 0.05) is 0 Å². The van der Waals surface area contributed by atoms with E-state index in [0.717, 1.165) is 0 Å². The Morgan fingerprint density at radius 3 is 1.78 bits per heavy atom. The van der Waals surface area contributed by atoms with Gasteiger partial charge in [-0.05, 0) is 0 Å². The van der Waals surface area contributed by atoms with Crippen molar-refractivity contribution in [3.05, 3.63) is 0 Å². The summed E-state index contributed by atoms with van der Waals surface area (Å²) in [5.74, 6) is 4.58. The number of rotatable bonds is 4. The topological polar surface area (TPSA) is 18.5 Å². The van der Waals surface area contributed by atoms with Gasteiger partial charge in [-0.15, -0.1) is 12.8 Å². The van der Waals surface area contributed by atoms with Crippen LogP contribution in [0.15, 0.2) is 0 Å². The van der Waals surface area contributed by atoms with Gasteiger partial charge in [-0.2, -0.15) is 0 Å². The molecule has 2 heteroatoms. The summed E-state index contributed by atoms with van der Waals surface area (Å²) in [6.07, 6.45) is 9.74. The first-order valence-corrected chi connectivity index (χ1v) is 2.44. The molecule has 9 heavy (non-hydrogen) atoms. The minimum Gasteiger partial charge on any atom is -0.343 e. The van der Waals surface area contributed by atoms with Crippen LogP contribution in [0.2, 0.25) is 0 Å². The Bertz CT molecular complexity index is 111. The summed E-state index contributed by atoms with van der Waals surface area (Å²) in [7, 11) is 0. The molecular formula is C7H8O2. The maximum atomic E-state index is 4.87. The Morgan fingerprint density at radius 2 is 1.44 bits per heavy atom. The highest BCUT2D eigenvalue weighted by atomic mass is 16.7. The second-order valence-corrected chi connectivity index (χ2v) is 1.22. The van der Waals surface area contributed by atoms with E-state index < -0.39 is 0 Å². The molecule has 0 aromatic rings. The molecule has 2 nitrogen and oxygen atoms in total. The van der Waals surface area contributed by atoms with Crippen LogP contribution in [0.25, 0.3) is 0 Å². The molecule has 0 saturated carbocycles. The first-order valence-electron chi connectivity index (χ1n) is 2.44. The Morgan fingerprint density at radius 1 is 1.00 bits per heavy atom. The van der Waals surface area contributed by atoms with Crippen molar-refractivity contribution in [2.75, 3.05) is 20.0 Å². The van der Waals surface area contributed by atoms with Gasteiger partial charge in [0.2, 0.25) is 0 Å². The highest BCUT2D eigenvalue weighted by molar-refractivity contribution is 4.83. The Hall–Kier alpha value is -0.960. The van der Waals surface area contributed by atoms with Crippen molar-refractivity contribution in [2.45, 2.75) is 0 Å². The average molecular weight is 124 g/mol. The molecule has 0 bridgehead atoms. The zero-order valence-corrected chi connectivity index (χ0v) is 5.09. The van der Waals surface area contributed by atoms with Crippen LogP contribution in [-0.4, -0.2) is 20.0 Å². The molecule has 0 unspecified atom stereocenters. The fraction of sp³-hybridized carbons (Fsp3) is 0.429. The number of hydrogen-bond acceptors (Lipinski definition) is 2. The zero-order valence-electron chi connectivity index (χ0n) is 5.09. The van der Waals surface area contributed by atoms with Gasteiger partial charge >= 0.3 is 0 Å². The lowest BCUT2D eigenvalue weighted by atomic mass is 10.7. The van der Waals surface area contributed by atoms with Gasteiger partial charge in [0.05, 0.1) is 0 Å². The molecule has 0 aliphatic heterocycles. The number of ether oxygens (including phenoxy) is 2. The van der Waals surface area contributed by atoms with Crippen LogP contribution in [0.1, 0.15) is 0 Å². The van der Waals surface area contributed by atoms with Gasteiger partial charge in [0.25, 0.3) is 0 Å². The third-order valence-electron chi connectivity index (χ3n) is 0.537. The molecule has 0 radical (unpaired) electrons. The van der Waals surface area contributed by atoms with Gasteiger partial charge in [0.15, 0.2) is 0 Å². The van der Waals surface area contributed by atoms with Crippen LogP contribution < -0.4 is 0 Å². The first kappa shape index (κ1) is 8.04. The summed E-state index contributed by atoms with van der Waals surface area (Å²) in [5, 5.41) is 0. The van der Waals surface area contributed by atoms with Gasteiger partial charge in [-0.25, -0.2) is 0 Å². The summed E-state index contributed by atoms with van der Waals surface area (Å²) in [5.41, 5.74) is 0. The predicted molar refractivity (Wildman–Crippen MR) is 34.4 cm³/mol. The van der Waals surface area contributed by atoms with E-state index >= 15 is 0 Å². The highest BCUT2D eigenvalue weighted by Crippen LogP contribution is 1.74. The van der Waals surface area contributed by atoms with Crippen LogP contribution in [-0.2, 0) is 9.47 Å². The van der Waals surface area contributed by atoms with E-state index in [-0.39, 0.29) is 20.0 Å². The Labute approximate surface area is 55.2 Å². The average Bonchev–Trinajstić information content (AvgIpc) is 1.89. The molecule has 0 spiro atoms. The smallest absolute Gasteiger partial charge is 0.149 e. The maximum absolute atomic E-state index is 4.87. The van der Waals surface area contributed by atoms with Crippen molar-refractivity contribution < 1.29 is 9.47 Å². The number of terminal acetylenes is 2. The minimum atomic E-state index is 0.175. The lowest BCUT2D eigenvalue weighted by Crippen LogP contribution is -1.99. The fourth-order valence-corrected chi connectivity index (χ4v) is 0.260. The van der Waals surface area contributed by atoms with E-state index in [1.807, 2.05) is 0 Å². The molecule has 0 heterocycles. The molecule has 0 atom stereocenters. The molecule has 0 saturated heterocycles. The maximum Gasteiger partial charge on any atom is 0.149 e. The molecule has 48 valence electrons. The second-order valence-electron chi connectivity index (χ2n) is 1.22. The lowest BCUT2D eigenvalue weighted by molar-refractivity contribution is -0.0293. The van der Waals surface area contributed by atoms with Crippen LogP contribution >= 0.6 is 0 Å². The molecule has 0 aromatic heterocycles.